The van der Waals surface area contributed by atoms with Gasteiger partial charge in [0, 0.05) is 5.56 Å². The summed E-state index contributed by atoms with van der Waals surface area (Å²) in [6, 6.07) is 16.8. The van der Waals surface area contributed by atoms with E-state index in [-0.39, 0.29) is 24.5 Å². The fourth-order valence-electron chi connectivity index (χ4n) is 2.17. The number of amides is 1. The Morgan fingerprint density at radius 1 is 0.958 bits per heavy atom. The Bertz CT molecular complexity index is 685. The number of esters is 1. The summed E-state index contributed by atoms with van der Waals surface area (Å²) in [5.41, 5.74) is 2.63. The Hall–Kier alpha value is -2.62. The molecule has 2 aromatic carbocycles. The van der Waals surface area contributed by atoms with Crippen LogP contribution in [0.4, 0.5) is 0 Å². The second kappa shape index (κ2) is 7.77. The Kier molecular flexibility index (Phi) is 5.74. The molecule has 0 bridgehead atoms. The van der Waals surface area contributed by atoms with Crippen LogP contribution in [0.1, 0.15) is 42.3 Å². The van der Waals surface area contributed by atoms with Crippen LogP contribution in [0, 0.1) is 0 Å². The summed E-state index contributed by atoms with van der Waals surface area (Å²) in [5, 5.41) is 2.58. The fraction of sp³-hybridized carbons (Fsp3) is 0.300. The fourth-order valence-corrected chi connectivity index (χ4v) is 2.17. The van der Waals surface area contributed by atoms with Crippen LogP contribution in [0.3, 0.4) is 0 Å². The quantitative estimate of drug-likeness (QED) is 0.857. The molecule has 0 saturated carbocycles. The highest BCUT2D eigenvalue weighted by atomic mass is 16.5. The van der Waals surface area contributed by atoms with Crippen LogP contribution in [0.2, 0.25) is 0 Å². The third-order valence-electron chi connectivity index (χ3n) is 3.65. The highest BCUT2D eigenvalue weighted by molar-refractivity contribution is 5.95. The van der Waals surface area contributed by atoms with Gasteiger partial charge < -0.3 is 10.1 Å². The minimum Gasteiger partial charge on any atom is -0.460 e. The molecule has 2 aromatic rings. The molecule has 0 aliphatic rings. The van der Waals surface area contributed by atoms with Crippen molar-refractivity contribution in [2.24, 2.45) is 0 Å². The van der Waals surface area contributed by atoms with Gasteiger partial charge in [0.2, 0.25) is 0 Å². The number of nitrogens with one attached hydrogen (secondary N) is 1. The largest absolute Gasteiger partial charge is 0.460 e. The number of rotatable bonds is 5. The number of carbonyl (C=O) groups excluding carboxylic acids is 2. The molecule has 0 aliphatic carbocycles. The molecule has 4 heteroatoms. The molecule has 0 spiro atoms. The van der Waals surface area contributed by atoms with Gasteiger partial charge in [-0.15, -0.1) is 0 Å². The predicted octanol–water partition coefficient (Wildman–Crippen LogP) is 3.46. The first-order valence-electron chi connectivity index (χ1n) is 7.94. The number of hydrogen-bond donors (Lipinski definition) is 1. The molecule has 0 fully saturated rings. The van der Waals surface area contributed by atoms with Crippen molar-refractivity contribution in [1.29, 1.82) is 0 Å². The van der Waals surface area contributed by atoms with Crippen LogP contribution in [0.15, 0.2) is 54.6 Å². The van der Waals surface area contributed by atoms with E-state index in [0.29, 0.717) is 5.56 Å². The summed E-state index contributed by atoms with van der Waals surface area (Å²) < 4.78 is 5.12. The third kappa shape index (κ3) is 5.23. The van der Waals surface area contributed by atoms with Gasteiger partial charge in [0.1, 0.15) is 13.2 Å². The molecule has 0 aromatic heterocycles. The Labute approximate surface area is 142 Å². The van der Waals surface area contributed by atoms with Crippen molar-refractivity contribution in [3.05, 3.63) is 71.3 Å². The van der Waals surface area contributed by atoms with Gasteiger partial charge in [-0.3, -0.25) is 9.59 Å². The lowest BCUT2D eigenvalue weighted by Gasteiger charge is -2.19. The van der Waals surface area contributed by atoms with E-state index in [9.17, 15) is 9.59 Å². The van der Waals surface area contributed by atoms with E-state index in [1.54, 1.807) is 12.1 Å². The van der Waals surface area contributed by atoms with E-state index in [1.165, 1.54) is 0 Å². The van der Waals surface area contributed by atoms with Crippen molar-refractivity contribution in [2.75, 3.05) is 6.54 Å². The second-order valence-corrected chi connectivity index (χ2v) is 6.66. The molecule has 0 atom stereocenters. The number of hydrogen-bond acceptors (Lipinski definition) is 3. The zero-order valence-corrected chi connectivity index (χ0v) is 14.3. The van der Waals surface area contributed by atoms with E-state index in [1.807, 2.05) is 42.5 Å². The van der Waals surface area contributed by atoms with Crippen molar-refractivity contribution >= 4 is 11.9 Å². The summed E-state index contributed by atoms with van der Waals surface area (Å²) in [5.74, 6) is -0.745. The monoisotopic (exact) mass is 325 g/mol. The molecule has 0 aliphatic heterocycles. The molecule has 0 unspecified atom stereocenters. The summed E-state index contributed by atoms with van der Waals surface area (Å²) in [7, 11) is 0. The average Bonchev–Trinajstić information content (AvgIpc) is 2.58. The summed E-state index contributed by atoms with van der Waals surface area (Å²) >= 11 is 0. The Morgan fingerprint density at radius 2 is 1.58 bits per heavy atom. The second-order valence-electron chi connectivity index (χ2n) is 6.66. The lowest BCUT2D eigenvalue weighted by atomic mass is 9.87. The molecular weight excluding hydrogens is 302 g/mol. The first kappa shape index (κ1) is 17.7. The van der Waals surface area contributed by atoms with Gasteiger partial charge in [0.15, 0.2) is 0 Å². The van der Waals surface area contributed by atoms with Gasteiger partial charge in [-0.05, 0) is 28.7 Å². The van der Waals surface area contributed by atoms with Gasteiger partial charge in [-0.1, -0.05) is 63.2 Å². The van der Waals surface area contributed by atoms with E-state index < -0.39 is 5.97 Å². The molecule has 0 saturated heterocycles. The SMILES string of the molecule is CC(C)(C)c1ccc(C(=O)NCC(=O)OCc2ccccc2)cc1. The first-order chi connectivity index (χ1) is 11.4. The zero-order valence-electron chi connectivity index (χ0n) is 14.3. The molecular formula is C20H23NO3. The van der Waals surface area contributed by atoms with Gasteiger partial charge in [0.05, 0.1) is 0 Å². The van der Waals surface area contributed by atoms with Crippen molar-refractivity contribution in [3.63, 3.8) is 0 Å². The molecule has 1 N–H and O–H groups in total. The van der Waals surface area contributed by atoms with E-state index >= 15 is 0 Å². The number of carbonyl (C=O) groups is 2. The van der Waals surface area contributed by atoms with Crippen molar-refractivity contribution in [3.8, 4) is 0 Å². The molecule has 0 heterocycles. The minimum absolute atomic E-state index is 0.0379. The van der Waals surface area contributed by atoms with Crippen molar-refractivity contribution in [1.82, 2.24) is 5.32 Å². The third-order valence-corrected chi connectivity index (χ3v) is 3.65. The van der Waals surface area contributed by atoms with Gasteiger partial charge in [-0.2, -0.15) is 0 Å². The van der Waals surface area contributed by atoms with Gasteiger partial charge in [0.25, 0.3) is 5.91 Å². The van der Waals surface area contributed by atoms with Crippen LogP contribution >= 0.6 is 0 Å². The smallest absolute Gasteiger partial charge is 0.325 e. The van der Waals surface area contributed by atoms with Crippen molar-refractivity contribution in [2.45, 2.75) is 32.8 Å². The molecule has 2 rings (SSSR count). The highest BCUT2D eigenvalue weighted by Gasteiger charge is 2.14. The van der Waals surface area contributed by atoms with Crippen LogP contribution in [0.5, 0.6) is 0 Å². The zero-order chi connectivity index (χ0) is 17.6. The van der Waals surface area contributed by atoms with Crippen LogP contribution in [-0.4, -0.2) is 18.4 Å². The molecule has 126 valence electrons. The van der Waals surface area contributed by atoms with Crippen LogP contribution in [0.25, 0.3) is 0 Å². The topological polar surface area (TPSA) is 55.4 Å². The van der Waals surface area contributed by atoms with E-state index in [2.05, 4.69) is 26.1 Å². The summed E-state index contributed by atoms with van der Waals surface area (Å²) in [4.78, 5) is 23.8. The lowest BCUT2D eigenvalue weighted by Crippen LogP contribution is -2.30. The summed E-state index contributed by atoms with van der Waals surface area (Å²) in [6.45, 7) is 6.41. The average molecular weight is 325 g/mol. The maximum absolute atomic E-state index is 12.1. The number of ether oxygens (including phenoxy) is 1. The van der Waals surface area contributed by atoms with E-state index in [4.69, 9.17) is 4.74 Å². The molecule has 4 nitrogen and oxygen atoms in total. The van der Waals surface area contributed by atoms with Gasteiger partial charge in [-0.25, -0.2) is 0 Å². The number of benzene rings is 2. The van der Waals surface area contributed by atoms with E-state index in [0.717, 1.165) is 11.1 Å². The van der Waals surface area contributed by atoms with Crippen molar-refractivity contribution < 1.29 is 14.3 Å². The van der Waals surface area contributed by atoms with Crippen LogP contribution < -0.4 is 5.32 Å². The normalized spacial score (nSPS) is 11.0. The standard InChI is InChI=1S/C20H23NO3/c1-20(2,3)17-11-9-16(10-12-17)19(23)21-13-18(22)24-14-15-7-5-4-6-8-15/h4-12H,13-14H2,1-3H3,(H,21,23). The highest BCUT2D eigenvalue weighted by Crippen LogP contribution is 2.22. The Morgan fingerprint density at radius 3 is 2.17 bits per heavy atom. The molecule has 24 heavy (non-hydrogen) atoms. The minimum atomic E-state index is -0.460. The Balaban J connectivity index is 1.81. The molecule has 1 amide bonds. The van der Waals surface area contributed by atoms with Crippen LogP contribution in [-0.2, 0) is 21.6 Å². The first-order valence-corrected chi connectivity index (χ1v) is 7.94. The summed E-state index contributed by atoms with van der Waals surface area (Å²) in [6.07, 6.45) is 0. The molecule has 0 radical (unpaired) electrons. The van der Waals surface area contributed by atoms with Gasteiger partial charge >= 0.3 is 5.97 Å². The lowest BCUT2D eigenvalue weighted by molar-refractivity contribution is -0.143. The maximum Gasteiger partial charge on any atom is 0.325 e. The predicted molar refractivity (Wildman–Crippen MR) is 93.7 cm³/mol. The maximum atomic E-state index is 12.1.